The zero-order valence-corrected chi connectivity index (χ0v) is 30.9. The number of anilines is 1. The van der Waals surface area contributed by atoms with Gasteiger partial charge < -0.3 is 45.0 Å². The fraction of sp³-hybridized carbons (Fsp3) is 0.244. The standard InChI is InChI=1S/C41H40N4O10/c1-21(46)44-31-15-10-24-16-33(52-3)39(53-4)40(54-5)36(24)28-17-29-30(19-34(48)43-20-35(49)45-25-11-6-23(7-12-25)41(42)50)37(22-8-13-26(51-2)14-9-22)55-38(29)32(47)18-27(28)31/h6-9,11-14,16-18,31H,10,15,19-20H2,1-5H3,(H2,42,50)(H,43,48)(H,44,46)(H,45,49)/t31-/m0/s1. The molecule has 14 nitrogen and oxygen atoms in total. The number of hydrogen-bond acceptors (Lipinski definition) is 10. The van der Waals surface area contributed by atoms with Gasteiger partial charge in [-0.25, -0.2) is 0 Å². The Morgan fingerprint density at radius 3 is 2.18 bits per heavy atom. The van der Waals surface area contributed by atoms with E-state index in [0.717, 1.165) is 5.56 Å². The van der Waals surface area contributed by atoms with Crippen molar-refractivity contribution in [3.63, 3.8) is 0 Å². The molecule has 4 amide bonds. The average molecular weight is 749 g/mol. The van der Waals surface area contributed by atoms with Gasteiger partial charge in [0.25, 0.3) is 0 Å². The summed E-state index contributed by atoms with van der Waals surface area (Å²) in [5, 5.41) is 8.66. The summed E-state index contributed by atoms with van der Waals surface area (Å²) in [7, 11) is 6.07. The van der Waals surface area contributed by atoms with Crippen molar-refractivity contribution in [2.45, 2.75) is 32.2 Å². The van der Waals surface area contributed by atoms with Crippen molar-refractivity contribution in [3.8, 4) is 45.4 Å². The molecule has 4 aromatic carbocycles. The van der Waals surface area contributed by atoms with Crippen molar-refractivity contribution < 1.29 is 42.5 Å². The van der Waals surface area contributed by atoms with Gasteiger partial charge in [0.05, 0.1) is 47.4 Å². The summed E-state index contributed by atoms with van der Waals surface area (Å²) >= 11 is 0. The van der Waals surface area contributed by atoms with E-state index in [2.05, 4.69) is 16.0 Å². The highest BCUT2D eigenvalue weighted by Gasteiger charge is 2.31. The first-order valence-electron chi connectivity index (χ1n) is 17.3. The lowest BCUT2D eigenvalue weighted by atomic mass is 9.94. The van der Waals surface area contributed by atoms with Crippen molar-refractivity contribution >= 4 is 40.3 Å². The van der Waals surface area contributed by atoms with E-state index in [-0.39, 0.29) is 35.8 Å². The summed E-state index contributed by atoms with van der Waals surface area (Å²) in [5.74, 6) is 0.0934. The largest absolute Gasteiger partial charge is 0.497 e. The number of nitrogens with one attached hydrogen (secondary N) is 3. The Kier molecular flexibility index (Phi) is 11.1. The van der Waals surface area contributed by atoms with Gasteiger partial charge in [-0.05, 0) is 96.3 Å². The third-order valence-corrected chi connectivity index (χ3v) is 9.38. The molecule has 1 atom stereocenters. The quantitative estimate of drug-likeness (QED) is 0.139. The predicted octanol–water partition coefficient (Wildman–Crippen LogP) is 4.68. The molecule has 6 rings (SSSR count). The van der Waals surface area contributed by atoms with E-state index in [4.69, 9.17) is 29.1 Å². The van der Waals surface area contributed by atoms with Gasteiger partial charge in [0.2, 0.25) is 34.8 Å². The van der Waals surface area contributed by atoms with E-state index in [1.807, 2.05) is 6.07 Å². The minimum Gasteiger partial charge on any atom is -0.497 e. The lowest BCUT2D eigenvalue weighted by Crippen LogP contribution is -2.33. The highest BCUT2D eigenvalue weighted by molar-refractivity contribution is 5.99. The molecule has 0 bridgehead atoms. The molecule has 284 valence electrons. The van der Waals surface area contributed by atoms with E-state index >= 15 is 0 Å². The number of rotatable bonds is 12. The lowest BCUT2D eigenvalue weighted by molar-refractivity contribution is -0.123. The molecule has 0 aliphatic heterocycles. The minimum atomic E-state index is -0.601. The first kappa shape index (κ1) is 37.9. The third-order valence-electron chi connectivity index (χ3n) is 9.38. The summed E-state index contributed by atoms with van der Waals surface area (Å²) < 4.78 is 29.1. The molecule has 5 N–H and O–H groups in total. The predicted molar refractivity (Wildman–Crippen MR) is 205 cm³/mol. The van der Waals surface area contributed by atoms with E-state index in [1.165, 1.54) is 58.6 Å². The fourth-order valence-electron chi connectivity index (χ4n) is 6.86. The minimum absolute atomic E-state index is 0.0126. The normalized spacial score (nSPS) is 13.1. The van der Waals surface area contributed by atoms with Gasteiger partial charge in [0.15, 0.2) is 17.1 Å². The van der Waals surface area contributed by atoms with Gasteiger partial charge in [-0.2, -0.15) is 0 Å². The zero-order valence-electron chi connectivity index (χ0n) is 30.9. The molecule has 1 aliphatic rings. The molecule has 0 saturated carbocycles. The Bertz CT molecular complexity index is 2370. The Morgan fingerprint density at radius 2 is 1.56 bits per heavy atom. The maximum absolute atomic E-state index is 14.2. The second-order valence-corrected chi connectivity index (χ2v) is 12.8. The molecule has 0 fully saturated rings. The van der Waals surface area contributed by atoms with Crippen LogP contribution in [0.4, 0.5) is 5.69 Å². The Labute approximate surface area is 315 Å². The Morgan fingerprint density at radius 1 is 0.855 bits per heavy atom. The molecule has 1 heterocycles. The molecule has 55 heavy (non-hydrogen) atoms. The number of primary amides is 1. The molecule has 1 aliphatic carbocycles. The number of amides is 4. The van der Waals surface area contributed by atoms with Crippen molar-refractivity contribution in [2.75, 3.05) is 40.3 Å². The van der Waals surface area contributed by atoms with Crippen LogP contribution in [0, 0.1) is 0 Å². The number of carbonyl (C=O) groups is 4. The molecule has 0 saturated heterocycles. The number of ether oxygens (including phenoxy) is 4. The highest BCUT2D eigenvalue weighted by Crippen LogP contribution is 2.51. The summed E-state index contributed by atoms with van der Waals surface area (Å²) in [6.07, 6.45) is 0.660. The van der Waals surface area contributed by atoms with Gasteiger partial charge in [-0.1, -0.05) is 0 Å². The molecular formula is C41H40N4O10. The summed E-state index contributed by atoms with van der Waals surface area (Å²) in [4.78, 5) is 64.6. The van der Waals surface area contributed by atoms with Crippen LogP contribution in [-0.2, 0) is 27.2 Å². The monoisotopic (exact) mass is 748 g/mol. The molecular weight excluding hydrogens is 708 g/mol. The van der Waals surface area contributed by atoms with Crippen LogP contribution in [0.2, 0.25) is 0 Å². The number of carbonyl (C=O) groups excluding carboxylic acids is 4. The first-order chi connectivity index (χ1) is 26.5. The van der Waals surface area contributed by atoms with Crippen LogP contribution < -0.4 is 46.1 Å². The SMILES string of the molecule is COc1ccc(-c2oc3c(=O)cc4c(cc3c2CC(=O)NCC(=O)Nc2ccc(C(N)=O)cc2)-c2c(cc(OC)c(OC)c2OC)CC[C@@H]4NC(C)=O)cc1. The third kappa shape index (κ3) is 7.79. The van der Waals surface area contributed by atoms with E-state index < -0.39 is 29.2 Å². The molecule has 0 unspecified atom stereocenters. The summed E-state index contributed by atoms with van der Waals surface area (Å²) in [5.41, 5.74) is 9.00. The van der Waals surface area contributed by atoms with Gasteiger partial charge in [-0.3, -0.25) is 24.0 Å². The smallest absolute Gasteiger partial charge is 0.248 e. The lowest BCUT2D eigenvalue weighted by Gasteiger charge is -2.20. The molecule has 5 aromatic rings. The number of furan rings is 1. The van der Waals surface area contributed by atoms with E-state index in [9.17, 15) is 24.0 Å². The van der Waals surface area contributed by atoms with Gasteiger partial charge >= 0.3 is 0 Å². The van der Waals surface area contributed by atoms with Crippen LogP contribution in [0.1, 0.15) is 46.4 Å². The van der Waals surface area contributed by atoms with Gasteiger partial charge in [0, 0.05) is 40.3 Å². The Hall–Kier alpha value is -6.83. The number of methoxy groups -OCH3 is 4. The maximum atomic E-state index is 14.2. The Balaban J connectivity index is 1.49. The van der Waals surface area contributed by atoms with Gasteiger partial charge in [-0.15, -0.1) is 0 Å². The molecule has 0 radical (unpaired) electrons. The topological polar surface area (TPSA) is 198 Å². The number of hydrogen-bond donors (Lipinski definition) is 4. The number of aryl methyl sites for hydroxylation is 1. The van der Waals surface area contributed by atoms with Crippen molar-refractivity contribution in [1.82, 2.24) is 10.6 Å². The van der Waals surface area contributed by atoms with Crippen LogP contribution in [0.15, 0.2) is 75.9 Å². The first-order valence-corrected chi connectivity index (χ1v) is 17.3. The highest BCUT2D eigenvalue weighted by atomic mass is 16.5. The summed E-state index contributed by atoms with van der Waals surface area (Å²) in [6, 6.07) is 17.5. The van der Waals surface area contributed by atoms with Gasteiger partial charge in [0.1, 0.15) is 11.5 Å². The van der Waals surface area contributed by atoms with E-state index in [0.29, 0.717) is 74.7 Å². The van der Waals surface area contributed by atoms with Crippen molar-refractivity contribution in [3.05, 3.63) is 99.2 Å². The maximum Gasteiger partial charge on any atom is 0.248 e. The van der Waals surface area contributed by atoms with Crippen molar-refractivity contribution in [1.29, 1.82) is 0 Å². The second-order valence-electron chi connectivity index (χ2n) is 12.8. The second kappa shape index (κ2) is 16.0. The fourth-order valence-corrected chi connectivity index (χ4v) is 6.86. The number of nitrogens with two attached hydrogens (primary N) is 1. The van der Waals surface area contributed by atoms with Crippen LogP contribution in [-0.4, -0.2) is 58.6 Å². The van der Waals surface area contributed by atoms with Crippen LogP contribution >= 0.6 is 0 Å². The number of fused-ring (bicyclic) bond motifs is 4. The van der Waals surface area contributed by atoms with Crippen LogP contribution in [0.25, 0.3) is 33.4 Å². The molecule has 0 spiro atoms. The van der Waals surface area contributed by atoms with E-state index in [1.54, 1.807) is 37.4 Å². The summed E-state index contributed by atoms with van der Waals surface area (Å²) in [6.45, 7) is 1.04. The number of benzene rings is 3. The molecule has 14 heteroatoms. The average Bonchev–Trinajstić information content (AvgIpc) is 3.37. The zero-order chi connectivity index (χ0) is 39.4. The van der Waals surface area contributed by atoms with Crippen LogP contribution in [0.3, 0.4) is 0 Å². The van der Waals surface area contributed by atoms with Crippen molar-refractivity contribution in [2.24, 2.45) is 5.73 Å². The van der Waals surface area contributed by atoms with Crippen LogP contribution in [0.5, 0.6) is 23.0 Å². The molecule has 1 aromatic heterocycles.